The predicted molar refractivity (Wildman–Crippen MR) is 201 cm³/mol. The van der Waals surface area contributed by atoms with E-state index >= 15 is 0 Å². The molecule has 0 aliphatic rings. The fraction of sp³-hybridized carbons (Fsp3) is 0.231. The van der Waals surface area contributed by atoms with E-state index in [1.54, 1.807) is 10.9 Å². The molecule has 5 rings (SSSR count). The molecule has 0 fully saturated rings. The number of aliphatic imine (C=N–C) groups is 1. The maximum Gasteiger partial charge on any atom is 0.324 e. The van der Waals surface area contributed by atoms with Gasteiger partial charge in [-0.25, -0.2) is 19.5 Å². The van der Waals surface area contributed by atoms with E-state index in [1.807, 2.05) is 85.8 Å². The summed E-state index contributed by atoms with van der Waals surface area (Å²) in [5, 5.41) is 15.9. The summed E-state index contributed by atoms with van der Waals surface area (Å²) in [7, 11) is 0. The van der Waals surface area contributed by atoms with E-state index in [1.165, 1.54) is 18.0 Å². The summed E-state index contributed by atoms with van der Waals surface area (Å²) < 4.78 is 8.07. The van der Waals surface area contributed by atoms with E-state index in [0.29, 0.717) is 41.4 Å². The highest BCUT2D eigenvalue weighted by atomic mass is 16.5. The molecule has 10 heteroatoms. The molecular weight excluding hydrogens is 612 g/mol. The molecule has 5 N–H and O–H groups in total. The number of urea groups is 1. The third-order valence-electron chi connectivity index (χ3n) is 7.76. The molecule has 0 bridgehead atoms. The smallest absolute Gasteiger partial charge is 0.324 e. The van der Waals surface area contributed by atoms with Crippen LogP contribution in [0.5, 0.6) is 5.75 Å². The molecule has 0 radical (unpaired) electrons. The van der Waals surface area contributed by atoms with Crippen LogP contribution in [0, 0.1) is 0 Å². The van der Waals surface area contributed by atoms with Crippen molar-refractivity contribution in [2.24, 2.45) is 10.7 Å². The van der Waals surface area contributed by atoms with Crippen molar-refractivity contribution in [3.63, 3.8) is 0 Å². The minimum Gasteiger partial charge on any atom is -0.488 e. The first kappa shape index (κ1) is 34.4. The van der Waals surface area contributed by atoms with Crippen LogP contribution in [0.2, 0.25) is 0 Å². The molecule has 0 aliphatic heterocycles. The van der Waals surface area contributed by atoms with E-state index in [4.69, 9.17) is 15.6 Å². The van der Waals surface area contributed by atoms with Crippen LogP contribution in [0.25, 0.3) is 16.5 Å². The topological polar surface area (TPSA) is 131 Å². The van der Waals surface area contributed by atoms with Crippen LogP contribution in [0.3, 0.4) is 0 Å². The Morgan fingerprint density at radius 3 is 2.43 bits per heavy atom. The summed E-state index contributed by atoms with van der Waals surface area (Å²) in [6, 6.07) is 25.2. The minimum absolute atomic E-state index is 0.206. The Labute approximate surface area is 287 Å². The van der Waals surface area contributed by atoms with Crippen LogP contribution in [0.15, 0.2) is 115 Å². The molecule has 0 unspecified atom stereocenters. The number of amidine groups is 1. The summed E-state index contributed by atoms with van der Waals surface area (Å²) in [6.45, 7) is 12.8. The van der Waals surface area contributed by atoms with Gasteiger partial charge < -0.3 is 21.1 Å². The van der Waals surface area contributed by atoms with E-state index in [2.05, 4.69) is 72.7 Å². The Kier molecular flexibility index (Phi) is 10.8. The van der Waals surface area contributed by atoms with Crippen LogP contribution in [0.4, 0.5) is 22.1 Å². The number of carbonyl (C=O) groups is 1. The van der Waals surface area contributed by atoms with E-state index in [9.17, 15) is 4.79 Å². The summed E-state index contributed by atoms with van der Waals surface area (Å²) in [5.41, 5.74) is 9.78. The summed E-state index contributed by atoms with van der Waals surface area (Å²) >= 11 is 0. The lowest BCUT2D eigenvalue weighted by Gasteiger charge is -2.15. The number of nitrogens with zero attached hydrogens (tertiary/aromatic N) is 4. The Bertz CT molecular complexity index is 2000. The molecule has 0 saturated carbocycles. The Morgan fingerprint density at radius 2 is 1.73 bits per heavy atom. The maximum atomic E-state index is 13.5. The number of nitrogens with two attached hydrogens (primary N) is 1. The normalized spacial score (nSPS) is 12.3. The third-order valence-corrected chi connectivity index (χ3v) is 7.76. The van der Waals surface area contributed by atoms with Gasteiger partial charge in [0.1, 0.15) is 29.8 Å². The number of hydrogen-bond acceptors (Lipinski definition) is 6. The number of carbonyl (C=O) groups excluding carboxylic acids is 1. The van der Waals surface area contributed by atoms with Gasteiger partial charge in [-0.15, -0.1) is 0 Å². The molecular formula is C39H44N8O2. The number of hydrogen-bond donors (Lipinski definition) is 4. The van der Waals surface area contributed by atoms with Gasteiger partial charge in [-0.3, -0.25) is 5.32 Å². The average Bonchev–Trinajstić information content (AvgIpc) is 3.51. The fourth-order valence-electron chi connectivity index (χ4n) is 5.13. The quantitative estimate of drug-likeness (QED) is 0.0877. The van der Waals surface area contributed by atoms with Crippen molar-refractivity contribution in [3.05, 3.63) is 126 Å². The number of amides is 2. The van der Waals surface area contributed by atoms with Crippen molar-refractivity contribution < 1.29 is 9.53 Å². The van der Waals surface area contributed by atoms with Gasteiger partial charge in [0.15, 0.2) is 0 Å². The van der Waals surface area contributed by atoms with E-state index in [0.717, 1.165) is 27.7 Å². The molecule has 49 heavy (non-hydrogen) atoms. The lowest BCUT2D eigenvalue weighted by atomic mass is 9.92. The molecule has 2 amide bonds. The molecule has 0 spiro atoms. The van der Waals surface area contributed by atoms with E-state index < -0.39 is 0 Å². The number of rotatable bonds is 10. The molecule has 0 atom stereocenters. The van der Waals surface area contributed by atoms with Gasteiger partial charge >= 0.3 is 6.03 Å². The predicted octanol–water partition coefficient (Wildman–Crippen LogP) is 8.88. The second kappa shape index (κ2) is 15.3. The van der Waals surface area contributed by atoms with Crippen molar-refractivity contribution in [1.82, 2.24) is 14.8 Å². The van der Waals surface area contributed by atoms with Crippen LogP contribution < -0.4 is 26.4 Å². The Balaban J connectivity index is 1.33. The zero-order valence-electron chi connectivity index (χ0n) is 28.9. The largest absolute Gasteiger partial charge is 0.488 e. The second-order valence-corrected chi connectivity index (χ2v) is 12.9. The summed E-state index contributed by atoms with van der Waals surface area (Å²) in [4.78, 5) is 22.2. The van der Waals surface area contributed by atoms with Crippen molar-refractivity contribution in [2.75, 3.05) is 16.0 Å². The van der Waals surface area contributed by atoms with Gasteiger partial charge in [0.05, 0.1) is 17.1 Å². The first-order valence-electron chi connectivity index (χ1n) is 16.3. The first-order valence-corrected chi connectivity index (χ1v) is 16.3. The van der Waals surface area contributed by atoms with Crippen molar-refractivity contribution in [3.8, 4) is 11.4 Å². The molecule has 3 aromatic carbocycles. The van der Waals surface area contributed by atoms with E-state index in [-0.39, 0.29) is 11.4 Å². The molecule has 10 nitrogen and oxygen atoms in total. The Hall–Kier alpha value is -5.90. The number of benzene rings is 3. The number of nitrogens with one attached hydrogen (secondary N) is 3. The monoisotopic (exact) mass is 656 g/mol. The number of ether oxygens (including phenoxy) is 1. The lowest BCUT2D eigenvalue weighted by Crippen LogP contribution is -2.21. The van der Waals surface area contributed by atoms with Crippen LogP contribution >= 0.6 is 0 Å². The zero-order chi connectivity index (χ0) is 35.0. The second-order valence-electron chi connectivity index (χ2n) is 12.9. The van der Waals surface area contributed by atoms with Gasteiger partial charge in [-0.1, -0.05) is 77.1 Å². The van der Waals surface area contributed by atoms with Crippen molar-refractivity contribution in [1.29, 1.82) is 0 Å². The minimum atomic E-state index is -0.376. The first-order chi connectivity index (χ1) is 23.5. The highest BCUT2D eigenvalue weighted by molar-refractivity contribution is 6.07. The zero-order valence-corrected chi connectivity index (χ0v) is 28.9. The third kappa shape index (κ3) is 8.72. The van der Waals surface area contributed by atoms with Crippen LogP contribution in [-0.4, -0.2) is 26.6 Å². The van der Waals surface area contributed by atoms with Crippen molar-refractivity contribution >= 4 is 40.0 Å². The summed E-state index contributed by atoms with van der Waals surface area (Å²) in [5.74, 6) is 2.92. The maximum absolute atomic E-state index is 13.5. The lowest BCUT2D eigenvalue weighted by molar-refractivity contribution is 0.262. The number of pyridine rings is 1. The van der Waals surface area contributed by atoms with Crippen molar-refractivity contribution in [2.45, 2.75) is 59.5 Å². The van der Waals surface area contributed by atoms with Crippen LogP contribution in [-0.2, 0) is 12.0 Å². The highest BCUT2D eigenvalue weighted by Crippen LogP contribution is 2.33. The number of allylic oxidation sites excluding steroid dienone is 1. The van der Waals surface area contributed by atoms with Gasteiger partial charge in [0, 0.05) is 40.9 Å². The summed E-state index contributed by atoms with van der Waals surface area (Å²) in [6.07, 6.45) is 8.30. The number of aromatic nitrogens is 3. The van der Waals surface area contributed by atoms with Gasteiger partial charge in [0.25, 0.3) is 0 Å². The Morgan fingerprint density at radius 1 is 0.980 bits per heavy atom. The average molecular weight is 657 g/mol. The number of anilines is 3. The van der Waals surface area contributed by atoms with Gasteiger partial charge in [-0.05, 0) is 66.4 Å². The number of fused-ring (bicyclic) bond motifs is 1. The van der Waals surface area contributed by atoms with Crippen LogP contribution in [0.1, 0.15) is 64.3 Å². The SMILES string of the molecule is C\C=C/C(=N\C=C/N)Nc1cc(COc2ccc(NC(=O)Nc3cc(C(C)(C)C)nn3-c3ccc(C(C)C)cc3)c3ccccc23)ccn1. The molecule has 5 aromatic rings. The highest BCUT2D eigenvalue weighted by Gasteiger charge is 2.22. The van der Waals surface area contributed by atoms with Gasteiger partial charge in [0.2, 0.25) is 0 Å². The molecule has 2 heterocycles. The molecule has 2 aromatic heterocycles. The fourth-order valence-corrected chi connectivity index (χ4v) is 5.13. The molecule has 0 aliphatic carbocycles. The molecule has 252 valence electrons. The van der Waals surface area contributed by atoms with Gasteiger partial charge in [-0.2, -0.15) is 5.10 Å². The molecule has 0 saturated heterocycles. The standard InChI is InChI=1S/C39H44N8O2/c1-7-10-35(42-22-20-40)44-36-23-27(19-21-41-36)25-49-33-18-17-32(30-11-8-9-12-31(30)33)43-38(48)45-37-24-34(39(4,5)6)46-47(37)29-15-13-28(14-16-29)26(2)3/h7-24,26H,25,40H2,1-6H3,(H,41,42,44)(H2,43,45,48)/b10-7-,22-20-.